The van der Waals surface area contributed by atoms with Crippen LogP contribution in [0.1, 0.15) is 46.0 Å². The maximum absolute atomic E-state index is 12.4. The van der Waals surface area contributed by atoms with Gasteiger partial charge in [0, 0.05) is 25.2 Å². The Hall–Kier alpha value is -1.14. The van der Waals surface area contributed by atoms with Gasteiger partial charge in [-0.1, -0.05) is 35.4 Å². The fraction of sp³-hybridized carbons (Fsp3) is 0.824. The highest BCUT2D eigenvalue weighted by Crippen LogP contribution is 2.41. The van der Waals surface area contributed by atoms with Crippen LogP contribution < -0.4 is 5.32 Å². The molecule has 1 aliphatic rings. The first-order valence-corrected chi connectivity index (χ1v) is 11.3. The molecular weight excluding hydrogens is 435 g/mol. The molecule has 0 atom stereocenters. The smallest absolute Gasteiger partial charge is 0.481 e. The van der Waals surface area contributed by atoms with Crippen LogP contribution >= 0.6 is 21.6 Å². The minimum Gasteiger partial charge on any atom is -0.481 e. The zero-order valence-corrected chi connectivity index (χ0v) is 18.3. The second-order valence-electron chi connectivity index (χ2n) is 7.21. The maximum atomic E-state index is 12.4. The number of amides is 1. The molecule has 1 amide bonds. The number of aliphatic carboxylic acids is 2. The summed E-state index contributed by atoms with van der Waals surface area (Å²) in [7, 11) is 4.73. The molecule has 0 aromatic heterocycles. The Labute approximate surface area is 175 Å². The molecule has 0 heterocycles. The number of carboxylic acids is 2. The topological polar surface area (TPSA) is 113 Å². The first-order chi connectivity index (χ1) is 13.3. The molecule has 0 saturated heterocycles. The molecule has 1 aliphatic carbocycles. The van der Waals surface area contributed by atoms with E-state index >= 15 is 0 Å². The normalized spacial score (nSPS) is 17.6. The number of carboxylic acid groups (broad SMARTS) is 2. The number of methoxy groups -OCH3 is 1. The summed E-state index contributed by atoms with van der Waals surface area (Å²) in [6.07, 6.45) is -1.39. The van der Waals surface area contributed by atoms with E-state index in [9.17, 15) is 22.8 Å². The summed E-state index contributed by atoms with van der Waals surface area (Å²) in [6.45, 7) is 5.04. The number of carbonyl (C=O) groups excluding carboxylic acids is 1. The SMILES string of the molecule is COC1(C(=O)NCCSSCCC(=O)O)CCC(C)(C)CC1.O=C(O)C(F)(F)F. The van der Waals surface area contributed by atoms with Gasteiger partial charge in [-0.25, -0.2) is 4.79 Å². The highest BCUT2D eigenvalue weighted by atomic mass is 33.1. The van der Waals surface area contributed by atoms with Gasteiger partial charge in [0.05, 0.1) is 6.42 Å². The van der Waals surface area contributed by atoms with Crippen molar-refractivity contribution in [2.45, 2.75) is 57.7 Å². The number of halogens is 3. The number of carbonyl (C=O) groups is 3. The van der Waals surface area contributed by atoms with Crippen LogP contribution in [-0.2, 0) is 19.1 Å². The summed E-state index contributed by atoms with van der Waals surface area (Å²) in [4.78, 5) is 31.7. The van der Waals surface area contributed by atoms with Crippen LogP contribution in [0, 0.1) is 5.41 Å². The van der Waals surface area contributed by atoms with Crippen molar-refractivity contribution in [3.63, 3.8) is 0 Å². The second-order valence-corrected chi connectivity index (χ2v) is 9.91. The van der Waals surface area contributed by atoms with Gasteiger partial charge in [-0.15, -0.1) is 0 Å². The molecule has 0 spiro atoms. The van der Waals surface area contributed by atoms with E-state index in [1.165, 1.54) is 10.8 Å². The highest BCUT2D eigenvalue weighted by Gasteiger charge is 2.44. The van der Waals surface area contributed by atoms with Crippen LogP contribution in [0.5, 0.6) is 0 Å². The van der Waals surface area contributed by atoms with Crippen LogP contribution in [0.4, 0.5) is 13.2 Å². The van der Waals surface area contributed by atoms with Gasteiger partial charge in [-0.3, -0.25) is 9.59 Å². The van der Waals surface area contributed by atoms with Gasteiger partial charge >= 0.3 is 18.1 Å². The van der Waals surface area contributed by atoms with E-state index in [0.29, 0.717) is 17.7 Å². The molecule has 29 heavy (non-hydrogen) atoms. The molecule has 12 heteroatoms. The number of rotatable bonds is 9. The van der Waals surface area contributed by atoms with E-state index < -0.39 is 23.7 Å². The molecule has 0 aromatic carbocycles. The summed E-state index contributed by atoms with van der Waals surface area (Å²) < 4.78 is 37.3. The van der Waals surface area contributed by atoms with Gasteiger partial charge in [-0.2, -0.15) is 13.2 Å². The number of alkyl halides is 3. The lowest BCUT2D eigenvalue weighted by molar-refractivity contribution is -0.192. The van der Waals surface area contributed by atoms with Crippen molar-refractivity contribution >= 4 is 39.4 Å². The van der Waals surface area contributed by atoms with E-state index in [1.54, 1.807) is 17.9 Å². The van der Waals surface area contributed by atoms with Gasteiger partial charge in [0.2, 0.25) is 0 Å². The van der Waals surface area contributed by atoms with Crippen molar-refractivity contribution in [1.29, 1.82) is 0 Å². The third-order valence-electron chi connectivity index (χ3n) is 4.41. The molecule has 3 N–H and O–H groups in total. The Balaban J connectivity index is 0.000000956. The Morgan fingerprint density at radius 3 is 1.93 bits per heavy atom. The van der Waals surface area contributed by atoms with Crippen molar-refractivity contribution in [2.24, 2.45) is 5.41 Å². The molecule has 0 bridgehead atoms. The van der Waals surface area contributed by atoms with Crippen molar-refractivity contribution in [3.8, 4) is 0 Å². The Morgan fingerprint density at radius 1 is 1.03 bits per heavy atom. The lowest BCUT2D eigenvalue weighted by Crippen LogP contribution is -2.51. The molecule has 1 fully saturated rings. The third kappa shape index (κ3) is 11.6. The molecular formula is C17H28F3NO6S2. The van der Waals surface area contributed by atoms with Gasteiger partial charge in [0.25, 0.3) is 5.91 Å². The number of hydrogen-bond donors (Lipinski definition) is 3. The number of hydrogen-bond acceptors (Lipinski definition) is 6. The Kier molecular flexibility index (Phi) is 12.0. The van der Waals surface area contributed by atoms with Crippen LogP contribution in [0.25, 0.3) is 0 Å². The molecule has 0 radical (unpaired) electrons. The standard InChI is InChI=1S/C15H27NO4S2.C2HF3O2/c1-14(2)5-7-15(20-3,8-6-14)13(19)16-9-11-22-21-10-4-12(17)18;3-2(4,5)1(6)7/h4-11H2,1-3H3,(H,16,19)(H,17,18);(H,6,7). The zero-order valence-electron chi connectivity index (χ0n) is 16.6. The van der Waals surface area contributed by atoms with Crippen LogP contribution in [0.2, 0.25) is 0 Å². The van der Waals surface area contributed by atoms with E-state index in [4.69, 9.17) is 19.7 Å². The first-order valence-electron chi connectivity index (χ1n) is 8.85. The second kappa shape index (κ2) is 12.5. The van der Waals surface area contributed by atoms with Crippen molar-refractivity contribution in [2.75, 3.05) is 25.2 Å². The van der Waals surface area contributed by atoms with Gasteiger partial charge < -0.3 is 20.3 Å². The average molecular weight is 464 g/mol. The Bertz CT molecular complexity index is 548. The lowest BCUT2D eigenvalue weighted by Gasteiger charge is -2.41. The fourth-order valence-corrected chi connectivity index (χ4v) is 4.35. The lowest BCUT2D eigenvalue weighted by atomic mass is 9.70. The van der Waals surface area contributed by atoms with E-state index in [-0.39, 0.29) is 12.3 Å². The van der Waals surface area contributed by atoms with Crippen molar-refractivity contribution in [1.82, 2.24) is 5.32 Å². The molecule has 0 aromatic rings. The number of ether oxygens (including phenoxy) is 1. The predicted octanol–water partition coefficient (Wildman–Crippen LogP) is 3.58. The van der Waals surface area contributed by atoms with Gasteiger partial charge in [0.15, 0.2) is 0 Å². The largest absolute Gasteiger partial charge is 0.490 e. The highest BCUT2D eigenvalue weighted by molar-refractivity contribution is 8.76. The van der Waals surface area contributed by atoms with Gasteiger partial charge in [-0.05, 0) is 31.1 Å². The fourth-order valence-electron chi connectivity index (χ4n) is 2.47. The summed E-state index contributed by atoms with van der Waals surface area (Å²) in [6, 6.07) is 0. The minimum absolute atomic E-state index is 0.0124. The average Bonchev–Trinajstić information content (AvgIpc) is 2.60. The van der Waals surface area contributed by atoms with E-state index in [0.717, 1.165) is 31.4 Å². The van der Waals surface area contributed by atoms with Crippen molar-refractivity contribution < 1.29 is 42.5 Å². The molecule has 1 rings (SSSR count). The molecule has 170 valence electrons. The summed E-state index contributed by atoms with van der Waals surface area (Å²) in [5, 5.41) is 18.6. The third-order valence-corrected chi connectivity index (χ3v) is 6.82. The first kappa shape index (κ1) is 27.9. The molecule has 0 aliphatic heterocycles. The summed E-state index contributed by atoms with van der Waals surface area (Å²) >= 11 is 0. The predicted molar refractivity (Wildman–Crippen MR) is 106 cm³/mol. The summed E-state index contributed by atoms with van der Waals surface area (Å²) in [5.41, 5.74) is -0.379. The van der Waals surface area contributed by atoms with Gasteiger partial charge in [0.1, 0.15) is 5.60 Å². The Morgan fingerprint density at radius 2 is 1.52 bits per heavy atom. The maximum Gasteiger partial charge on any atom is 0.490 e. The molecule has 0 unspecified atom stereocenters. The van der Waals surface area contributed by atoms with E-state index in [2.05, 4.69) is 19.2 Å². The van der Waals surface area contributed by atoms with Crippen LogP contribution in [-0.4, -0.2) is 65.0 Å². The molecule has 1 saturated carbocycles. The van der Waals surface area contributed by atoms with E-state index in [1.807, 2.05) is 0 Å². The monoisotopic (exact) mass is 463 g/mol. The van der Waals surface area contributed by atoms with Crippen LogP contribution in [0.15, 0.2) is 0 Å². The molecule has 7 nitrogen and oxygen atoms in total. The number of nitrogens with one attached hydrogen (secondary N) is 1. The van der Waals surface area contributed by atoms with Crippen molar-refractivity contribution in [3.05, 3.63) is 0 Å². The minimum atomic E-state index is -5.08. The zero-order chi connectivity index (χ0) is 22.7. The summed E-state index contributed by atoms with van der Waals surface area (Å²) in [5.74, 6) is -2.19. The quantitative estimate of drug-likeness (QED) is 0.351. The van der Waals surface area contributed by atoms with Crippen LogP contribution in [0.3, 0.4) is 0 Å².